The number of fused-ring (bicyclic) bond motifs is 1. The maximum Gasteiger partial charge on any atom is 0.234 e. The number of benzene rings is 1. The van der Waals surface area contributed by atoms with Gasteiger partial charge in [0.25, 0.3) is 0 Å². The Morgan fingerprint density at radius 2 is 2.28 bits per heavy atom. The standard InChI is InChI=1S/C14H17N3O/c1-9(15-2)7-13-16-14(18-17-13)12-8-10-5-3-4-6-11(10)12/h3-6,9,12,15H,7-8H2,1-2H3. The van der Waals surface area contributed by atoms with Crippen molar-refractivity contribution in [3.63, 3.8) is 0 Å². The number of likely N-dealkylation sites (N-methyl/N-ethyl adjacent to an activating group) is 1. The Morgan fingerprint density at radius 1 is 1.44 bits per heavy atom. The van der Waals surface area contributed by atoms with E-state index in [1.165, 1.54) is 11.1 Å². The van der Waals surface area contributed by atoms with Crippen LogP contribution in [0.2, 0.25) is 0 Å². The topological polar surface area (TPSA) is 51.0 Å². The molecule has 0 fully saturated rings. The number of aromatic nitrogens is 2. The van der Waals surface area contributed by atoms with E-state index in [-0.39, 0.29) is 0 Å². The first-order chi connectivity index (χ1) is 8.78. The molecular formula is C14H17N3O. The highest BCUT2D eigenvalue weighted by Gasteiger charge is 2.31. The van der Waals surface area contributed by atoms with Gasteiger partial charge in [-0.25, -0.2) is 0 Å². The highest BCUT2D eigenvalue weighted by atomic mass is 16.5. The molecular weight excluding hydrogens is 226 g/mol. The van der Waals surface area contributed by atoms with Gasteiger partial charge in [-0.1, -0.05) is 29.4 Å². The second-order valence-electron chi connectivity index (χ2n) is 4.90. The smallest absolute Gasteiger partial charge is 0.234 e. The van der Waals surface area contributed by atoms with Gasteiger partial charge in [0.15, 0.2) is 5.82 Å². The van der Waals surface area contributed by atoms with Gasteiger partial charge >= 0.3 is 0 Å². The highest BCUT2D eigenvalue weighted by Crippen LogP contribution is 2.38. The summed E-state index contributed by atoms with van der Waals surface area (Å²) in [7, 11) is 1.94. The first-order valence-electron chi connectivity index (χ1n) is 6.35. The molecule has 1 heterocycles. The maximum absolute atomic E-state index is 5.38. The van der Waals surface area contributed by atoms with E-state index in [4.69, 9.17) is 4.52 Å². The minimum absolute atomic E-state index is 0.298. The van der Waals surface area contributed by atoms with Gasteiger partial charge in [0.1, 0.15) is 0 Å². The zero-order valence-corrected chi connectivity index (χ0v) is 10.7. The van der Waals surface area contributed by atoms with Crippen LogP contribution in [0.1, 0.15) is 35.7 Å². The van der Waals surface area contributed by atoms with Crippen LogP contribution in [0.3, 0.4) is 0 Å². The van der Waals surface area contributed by atoms with Gasteiger partial charge in [-0.15, -0.1) is 0 Å². The molecule has 0 aliphatic heterocycles. The van der Waals surface area contributed by atoms with Gasteiger partial charge in [0.05, 0.1) is 5.92 Å². The van der Waals surface area contributed by atoms with Crippen LogP contribution in [0, 0.1) is 0 Å². The van der Waals surface area contributed by atoms with E-state index < -0.39 is 0 Å². The lowest BCUT2D eigenvalue weighted by molar-refractivity contribution is 0.351. The molecule has 2 atom stereocenters. The van der Waals surface area contributed by atoms with E-state index in [1.807, 2.05) is 7.05 Å². The Kier molecular flexibility index (Phi) is 2.88. The molecule has 4 heteroatoms. The van der Waals surface area contributed by atoms with Crippen molar-refractivity contribution in [3.8, 4) is 0 Å². The number of nitrogens with zero attached hydrogens (tertiary/aromatic N) is 2. The molecule has 18 heavy (non-hydrogen) atoms. The third-order valence-corrected chi connectivity index (χ3v) is 3.62. The monoisotopic (exact) mass is 243 g/mol. The molecule has 0 spiro atoms. The Bertz CT molecular complexity index is 549. The molecule has 0 bridgehead atoms. The van der Waals surface area contributed by atoms with Crippen molar-refractivity contribution in [3.05, 3.63) is 47.1 Å². The first-order valence-corrected chi connectivity index (χ1v) is 6.35. The molecule has 0 radical (unpaired) electrons. The van der Waals surface area contributed by atoms with Crippen molar-refractivity contribution >= 4 is 0 Å². The number of hydrogen-bond acceptors (Lipinski definition) is 4. The van der Waals surface area contributed by atoms with E-state index in [0.717, 1.165) is 24.6 Å². The van der Waals surface area contributed by atoms with Crippen molar-refractivity contribution in [2.24, 2.45) is 0 Å². The van der Waals surface area contributed by atoms with Crippen LogP contribution < -0.4 is 5.32 Å². The second-order valence-corrected chi connectivity index (χ2v) is 4.90. The summed E-state index contributed by atoms with van der Waals surface area (Å²) < 4.78 is 5.38. The van der Waals surface area contributed by atoms with E-state index in [9.17, 15) is 0 Å². The minimum atomic E-state index is 0.298. The second kappa shape index (κ2) is 4.53. The fourth-order valence-corrected chi connectivity index (χ4v) is 2.35. The van der Waals surface area contributed by atoms with E-state index >= 15 is 0 Å². The zero-order chi connectivity index (χ0) is 12.5. The van der Waals surface area contributed by atoms with Gasteiger partial charge in [-0.3, -0.25) is 0 Å². The number of hydrogen-bond donors (Lipinski definition) is 1. The number of nitrogens with one attached hydrogen (secondary N) is 1. The molecule has 3 rings (SSSR count). The average Bonchev–Trinajstić information content (AvgIpc) is 2.79. The van der Waals surface area contributed by atoms with Crippen LogP contribution >= 0.6 is 0 Å². The molecule has 1 aliphatic rings. The highest BCUT2D eigenvalue weighted by molar-refractivity contribution is 5.43. The molecule has 0 amide bonds. The van der Waals surface area contributed by atoms with Crippen LogP contribution in [0.25, 0.3) is 0 Å². The molecule has 1 aromatic heterocycles. The predicted octanol–water partition coefficient (Wildman–Crippen LogP) is 1.91. The van der Waals surface area contributed by atoms with Gasteiger partial charge in [-0.05, 0) is 31.5 Å². The fraction of sp³-hybridized carbons (Fsp3) is 0.429. The van der Waals surface area contributed by atoms with Crippen molar-refractivity contribution in [1.29, 1.82) is 0 Å². The lowest BCUT2D eigenvalue weighted by Gasteiger charge is -2.26. The quantitative estimate of drug-likeness (QED) is 0.891. The summed E-state index contributed by atoms with van der Waals surface area (Å²) >= 11 is 0. The Balaban J connectivity index is 1.76. The van der Waals surface area contributed by atoms with Gasteiger partial charge in [-0.2, -0.15) is 4.98 Å². The van der Waals surface area contributed by atoms with Crippen LogP contribution in [0.5, 0.6) is 0 Å². The molecule has 1 N–H and O–H groups in total. The van der Waals surface area contributed by atoms with Crippen LogP contribution in [-0.4, -0.2) is 23.2 Å². The van der Waals surface area contributed by atoms with E-state index in [2.05, 4.69) is 46.6 Å². The summed E-state index contributed by atoms with van der Waals surface area (Å²) in [5.41, 5.74) is 2.72. The Hall–Kier alpha value is -1.68. The fourth-order valence-electron chi connectivity index (χ4n) is 2.35. The van der Waals surface area contributed by atoms with Gasteiger partial charge in [0, 0.05) is 12.5 Å². The molecule has 2 unspecified atom stereocenters. The Morgan fingerprint density at radius 3 is 3.06 bits per heavy atom. The lowest BCUT2D eigenvalue weighted by atomic mass is 9.77. The molecule has 1 aliphatic carbocycles. The summed E-state index contributed by atoms with van der Waals surface area (Å²) in [6.07, 6.45) is 1.81. The largest absolute Gasteiger partial charge is 0.339 e. The third kappa shape index (κ3) is 1.93. The normalized spacial score (nSPS) is 19.1. The van der Waals surface area contributed by atoms with Gasteiger partial charge in [0.2, 0.25) is 5.89 Å². The SMILES string of the molecule is CNC(C)Cc1noc(C2Cc3ccccc32)n1. The summed E-state index contributed by atoms with van der Waals surface area (Å²) in [5, 5.41) is 7.23. The summed E-state index contributed by atoms with van der Waals surface area (Å²) in [4.78, 5) is 4.50. The predicted molar refractivity (Wildman–Crippen MR) is 68.5 cm³/mol. The molecule has 1 aromatic carbocycles. The minimum Gasteiger partial charge on any atom is -0.339 e. The zero-order valence-electron chi connectivity index (χ0n) is 10.7. The molecule has 0 saturated carbocycles. The van der Waals surface area contributed by atoms with E-state index in [0.29, 0.717) is 12.0 Å². The van der Waals surface area contributed by atoms with Crippen LogP contribution in [0.15, 0.2) is 28.8 Å². The van der Waals surface area contributed by atoms with Gasteiger partial charge < -0.3 is 9.84 Å². The van der Waals surface area contributed by atoms with Crippen LogP contribution in [0.4, 0.5) is 0 Å². The summed E-state index contributed by atoms with van der Waals surface area (Å²) in [6, 6.07) is 8.80. The molecule has 94 valence electrons. The van der Waals surface area contributed by atoms with Crippen molar-refractivity contribution in [2.45, 2.75) is 31.7 Å². The molecule has 4 nitrogen and oxygen atoms in total. The lowest BCUT2D eigenvalue weighted by Crippen LogP contribution is -2.24. The third-order valence-electron chi connectivity index (χ3n) is 3.62. The van der Waals surface area contributed by atoms with Crippen molar-refractivity contribution in [2.75, 3.05) is 7.05 Å². The van der Waals surface area contributed by atoms with E-state index in [1.54, 1.807) is 0 Å². The van der Waals surface area contributed by atoms with Crippen molar-refractivity contribution in [1.82, 2.24) is 15.5 Å². The Labute approximate surface area is 106 Å². The first kappa shape index (κ1) is 11.4. The number of rotatable bonds is 4. The maximum atomic E-state index is 5.38. The summed E-state index contributed by atoms with van der Waals surface area (Å²) in [5.74, 6) is 1.84. The van der Waals surface area contributed by atoms with Crippen molar-refractivity contribution < 1.29 is 4.52 Å². The van der Waals surface area contributed by atoms with Crippen LogP contribution in [-0.2, 0) is 12.8 Å². The average molecular weight is 243 g/mol. The molecule has 0 saturated heterocycles. The summed E-state index contributed by atoms with van der Waals surface area (Å²) in [6.45, 7) is 2.11. The molecule has 2 aromatic rings.